The van der Waals surface area contributed by atoms with Gasteiger partial charge in [-0.2, -0.15) is 0 Å². The Morgan fingerprint density at radius 3 is 2.60 bits per heavy atom. The molecule has 0 aliphatic rings. The first-order chi connectivity index (χ1) is 7.02. The first-order valence-electron chi connectivity index (χ1n) is 4.40. The fourth-order valence-corrected chi connectivity index (χ4v) is 0.821. The Morgan fingerprint density at radius 2 is 2.20 bits per heavy atom. The number of aliphatic hydroxyl groups excluding tert-OH is 1. The summed E-state index contributed by atoms with van der Waals surface area (Å²) in [5, 5.41) is 19.5. The SMILES string of the molecule is C#CCN(CC)C(=O)NC[C@H](O)C(=O)O. The lowest BCUT2D eigenvalue weighted by atomic mass is 10.3. The zero-order chi connectivity index (χ0) is 11.8. The Morgan fingerprint density at radius 1 is 1.60 bits per heavy atom. The molecule has 0 aliphatic heterocycles. The minimum atomic E-state index is -1.60. The van der Waals surface area contributed by atoms with E-state index in [1.54, 1.807) is 6.92 Å². The smallest absolute Gasteiger partial charge is 0.334 e. The molecule has 3 N–H and O–H groups in total. The third kappa shape index (κ3) is 4.88. The molecule has 2 amide bonds. The standard InChI is InChI=1S/C9H14N2O4/c1-3-5-11(4-2)9(15)10-6-7(12)8(13)14/h1,7,12H,4-6H2,2H3,(H,10,15)(H,13,14)/t7-/m0/s1. The molecular weight excluding hydrogens is 200 g/mol. The number of carboxylic acids is 1. The fourth-order valence-electron chi connectivity index (χ4n) is 0.821. The zero-order valence-electron chi connectivity index (χ0n) is 8.43. The number of carboxylic acid groups (broad SMARTS) is 1. The van der Waals surface area contributed by atoms with Gasteiger partial charge in [-0.05, 0) is 6.92 Å². The molecule has 0 aromatic carbocycles. The number of hydrogen-bond acceptors (Lipinski definition) is 3. The summed E-state index contributed by atoms with van der Waals surface area (Å²) in [6.45, 7) is 1.96. The number of carbonyl (C=O) groups excluding carboxylic acids is 1. The molecule has 1 atom stereocenters. The topological polar surface area (TPSA) is 89.9 Å². The average molecular weight is 214 g/mol. The van der Waals surface area contributed by atoms with E-state index in [-0.39, 0.29) is 13.1 Å². The van der Waals surface area contributed by atoms with E-state index in [0.29, 0.717) is 6.54 Å². The molecule has 84 valence electrons. The molecule has 0 unspecified atom stereocenters. The Kier molecular flexibility index (Phi) is 5.90. The summed E-state index contributed by atoms with van der Waals surface area (Å²) in [5.74, 6) is 0.917. The van der Waals surface area contributed by atoms with Crippen molar-refractivity contribution >= 4 is 12.0 Å². The molecule has 0 fully saturated rings. The normalized spacial score (nSPS) is 11.3. The molecule has 0 heterocycles. The second-order valence-corrected chi connectivity index (χ2v) is 2.76. The van der Waals surface area contributed by atoms with E-state index in [9.17, 15) is 9.59 Å². The number of rotatable bonds is 5. The van der Waals surface area contributed by atoms with Gasteiger partial charge < -0.3 is 20.4 Å². The Hall–Kier alpha value is -1.74. The molecular formula is C9H14N2O4. The van der Waals surface area contributed by atoms with E-state index in [2.05, 4.69) is 11.2 Å². The molecule has 0 aromatic heterocycles. The van der Waals surface area contributed by atoms with Crippen LogP contribution in [-0.2, 0) is 4.79 Å². The molecule has 15 heavy (non-hydrogen) atoms. The van der Waals surface area contributed by atoms with Gasteiger partial charge in [-0.3, -0.25) is 0 Å². The predicted molar refractivity (Wildman–Crippen MR) is 53.1 cm³/mol. The maximum absolute atomic E-state index is 11.3. The molecule has 0 saturated carbocycles. The Bertz CT molecular complexity index is 272. The molecule has 0 rings (SSSR count). The van der Waals surface area contributed by atoms with Crippen molar-refractivity contribution in [1.82, 2.24) is 10.2 Å². The third-order valence-electron chi connectivity index (χ3n) is 1.68. The first kappa shape index (κ1) is 13.3. The summed E-state index contributed by atoms with van der Waals surface area (Å²) in [7, 11) is 0. The van der Waals surface area contributed by atoms with E-state index in [4.69, 9.17) is 16.6 Å². The van der Waals surface area contributed by atoms with Crippen molar-refractivity contribution in [2.45, 2.75) is 13.0 Å². The summed E-state index contributed by atoms with van der Waals surface area (Å²) in [6.07, 6.45) is 3.43. The molecule has 0 bridgehead atoms. The van der Waals surface area contributed by atoms with Crippen molar-refractivity contribution < 1.29 is 19.8 Å². The van der Waals surface area contributed by atoms with E-state index in [1.165, 1.54) is 4.90 Å². The van der Waals surface area contributed by atoms with E-state index in [1.807, 2.05) is 0 Å². The first-order valence-corrected chi connectivity index (χ1v) is 4.40. The van der Waals surface area contributed by atoms with Crippen LogP contribution < -0.4 is 5.32 Å². The van der Waals surface area contributed by atoms with Gasteiger partial charge in [0.05, 0.1) is 13.1 Å². The predicted octanol–water partition coefficient (Wildman–Crippen LogP) is -0.903. The van der Waals surface area contributed by atoms with Crippen LogP contribution in [0.3, 0.4) is 0 Å². The second-order valence-electron chi connectivity index (χ2n) is 2.76. The maximum atomic E-state index is 11.3. The van der Waals surface area contributed by atoms with Gasteiger partial charge in [0.1, 0.15) is 0 Å². The summed E-state index contributed by atoms with van der Waals surface area (Å²) >= 11 is 0. The number of amides is 2. The minimum absolute atomic E-state index is 0.144. The van der Waals surface area contributed by atoms with Gasteiger partial charge in [0, 0.05) is 6.54 Å². The van der Waals surface area contributed by atoms with Crippen LogP contribution in [0.25, 0.3) is 0 Å². The number of terminal acetylenes is 1. The molecule has 0 aromatic rings. The number of hydrogen-bond donors (Lipinski definition) is 3. The molecule has 6 heteroatoms. The van der Waals surface area contributed by atoms with Crippen LogP contribution in [0, 0.1) is 12.3 Å². The summed E-state index contributed by atoms with van der Waals surface area (Å²) < 4.78 is 0. The highest BCUT2D eigenvalue weighted by Gasteiger charge is 2.16. The fraction of sp³-hybridized carbons (Fsp3) is 0.556. The zero-order valence-corrected chi connectivity index (χ0v) is 8.43. The highest BCUT2D eigenvalue weighted by atomic mass is 16.4. The van der Waals surface area contributed by atoms with Gasteiger partial charge in [-0.25, -0.2) is 9.59 Å². The van der Waals surface area contributed by atoms with Gasteiger partial charge in [0.25, 0.3) is 0 Å². The highest BCUT2D eigenvalue weighted by molar-refractivity contribution is 5.76. The summed E-state index contributed by atoms with van der Waals surface area (Å²) in [4.78, 5) is 22.9. The van der Waals surface area contributed by atoms with Gasteiger partial charge >= 0.3 is 12.0 Å². The number of nitrogens with one attached hydrogen (secondary N) is 1. The van der Waals surface area contributed by atoms with E-state index in [0.717, 1.165) is 0 Å². The number of urea groups is 1. The Balaban J connectivity index is 4.02. The molecule has 0 aliphatic carbocycles. The molecule has 6 nitrogen and oxygen atoms in total. The number of aliphatic hydroxyl groups is 1. The second kappa shape index (κ2) is 6.68. The lowest BCUT2D eigenvalue weighted by Gasteiger charge is -2.19. The van der Waals surface area contributed by atoms with Crippen LogP contribution in [0.15, 0.2) is 0 Å². The molecule has 0 radical (unpaired) electrons. The van der Waals surface area contributed by atoms with Gasteiger partial charge in [0.15, 0.2) is 6.10 Å². The average Bonchev–Trinajstić information content (AvgIpc) is 2.21. The minimum Gasteiger partial charge on any atom is -0.479 e. The van der Waals surface area contributed by atoms with Crippen molar-refractivity contribution in [3.63, 3.8) is 0 Å². The van der Waals surface area contributed by atoms with E-state index < -0.39 is 18.1 Å². The van der Waals surface area contributed by atoms with Crippen molar-refractivity contribution in [2.75, 3.05) is 19.6 Å². The van der Waals surface area contributed by atoms with Crippen LogP contribution >= 0.6 is 0 Å². The third-order valence-corrected chi connectivity index (χ3v) is 1.68. The van der Waals surface area contributed by atoms with Gasteiger partial charge in [-0.15, -0.1) is 6.42 Å². The summed E-state index contributed by atoms with van der Waals surface area (Å²) in [5.41, 5.74) is 0. The van der Waals surface area contributed by atoms with Crippen LogP contribution in [-0.4, -0.2) is 52.9 Å². The van der Waals surface area contributed by atoms with Crippen LogP contribution in [0.5, 0.6) is 0 Å². The van der Waals surface area contributed by atoms with Crippen molar-refractivity contribution in [2.24, 2.45) is 0 Å². The van der Waals surface area contributed by atoms with Gasteiger partial charge in [-0.1, -0.05) is 5.92 Å². The highest BCUT2D eigenvalue weighted by Crippen LogP contribution is 1.88. The Labute approximate surface area is 87.9 Å². The maximum Gasteiger partial charge on any atom is 0.334 e. The lowest BCUT2D eigenvalue weighted by molar-refractivity contribution is -0.146. The van der Waals surface area contributed by atoms with E-state index >= 15 is 0 Å². The summed E-state index contributed by atoms with van der Waals surface area (Å²) in [6, 6.07) is -0.490. The monoisotopic (exact) mass is 214 g/mol. The molecule has 0 spiro atoms. The van der Waals surface area contributed by atoms with Crippen molar-refractivity contribution in [3.8, 4) is 12.3 Å². The van der Waals surface area contributed by atoms with Crippen molar-refractivity contribution in [1.29, 1.82) is 0 Å². The largest absolute Gasteiger partial charge is 0.479 e. The number of aliphatic carboxylic acids is 1. The van der Waals surface area contributed by atoms with Crippen LogP contribution in [0.4, 0.5) is 4.79 Å². The lowest BCUT2D eigenvalue weighted by Crippen LogP contribution is -2.44. The van der Waals surface area contributed by atoms with Crippen molar-refractivity contribution in [3.05, 3.63) is 0 Å². The number of nitrogens with zero attached hydrogens (tertiary/aromatic N) is 1. The molecule has 0 saturated heterocycles. The van der Waals surface area contributed by atoms with Crippen LogP contribution in [0.2, 0.25) is 0 Å². The number of carbonyl (C=O) groups is 2. The van der Waals surface area contributed by atoms with Gasteiger partial charge in [0.2, 0.25) is 0 Å². The quantitative estimate of drug-likeness (QED) is 0.517. The van der Waals surface area contributed by atoms with Crippen LogP contribution in [0.1, 0.15) is 6.92 Å².